The molecule has 0 unspecified atom stereocenters. The highest BCUT2D eigenvalue weighted by Gasteiger charge is 2.24. The Balaban J connectivity index is 1.45. The number of fused-ring (bicyclic) bond motifs is 5. The number of aryl methyl sites for hydroxylation is 1. The van der Waals surface area contributed by atoms with Crippen LogP contribution in [0.25, 0.3) is 15.9 Å². The van der Waals surface area contributed by atoms with Crippen LogP contribution in [0.1, 0.15) is 49.1 Å². The number of aromatic nitrogens is 4. The van der Waals surface area contributed by atoms with Crippen molar-refractivity contribution in [2.24, 2.45) is 5.92 Å². The van der Waals surface area contributed by atoms with E-state index in [1.165, 1.54) is 31.4 Å². The topological polar surface area (TPSA) is 81.3 Å². The molecule has 4 aromatic rings. The predicted molar refractivity (Wildman–Crippen MR) is 123 cm³/mol. The van der Waals surface area contributed by atoms with Gasteiger partial charge in [0.2, 0.25) is 5.91 Å². The van der Waals surface area contributed by atoms with Gasteiger partial charge in [-0.05, 0) is 54.4 Å². The van der Waals surface area contributed by atoms with Gasteiger partial charge in [0.15, 0.2) is 5.65 Å². The number of anilines is 1. The van der Waals surface area contributed by atoms with Crippen LogP contribution in [0, 0.1) is 5.92 Å². The Morgan fingerprint density at radius 1 is 1.29 bits per heavy atom. The maximum absolute atomic E-state index is 12.9. The van der Waals surface area contributed by atoms with Crippen molar-refractivity contribution < 1.29 is 4.79 Å². The van der Waals surface area contributed by atoms with E-state index in [1.54, 1.807) is 11.3 Å². The molecule has 31 heavy (non-hydrogen) atoms. The van der Waals surface area contributed by atoms with E-state index >= 15 is 0 Å². The summed E-state index contributed by atoms with van der Waals surface area (Å²) in [7, 11) is 0. The summed E-state index contributed by atoms with van der Waals surface area (Å²) in [5, 5.41) is 8.35. The molecule has 0 saturated heterocycles. The van der Waals surface area contributed by atoms with E-state index < -0.39 is 0 Å². The average molecular weight is 436 g/mol. The molecule has 0 saturated carbocycles. The van der Waals surface area contributed by atoms with E-state index in [0.29, 0.717) is 23.2 Å². The molecule has 1 atom stereocenters. The minimum atomic E-state index is -0.348. The molecule has 0 radical (unpaired) electrons. The van der Waals surface area contributed by atoms with Crippen LogP contribution >= 0.6 is 11.3 Å². The number of rotatable bonds is 4. The summed E-state index contributed by atoms with van der Waals surface area (Å²) in [5.74, 6) is 0.806. The molecule has 3 heterocycles. The molecule has 0 fully saturated rings. The van der Waals surface area contributed by atoms with Gasteiger partial charge in [0.1, 0.15) is 17.7 Å². The minimum Gasteiger partial charge on any atom is -0.324 e. The first-order valence-electron chi connectivity index (χ1n) is 10.7. The fourth-order valence-electron chi connectivity index (χ4n) is 4.25. The molecule has 0 bridgehead atoms. The summed E-state index contributed by atoms with van der Waals surface area (Å²) in [6, 6.07) is 7.76. The lowest BCUT2D eigenvalue weighted by atomic mass is 9.89. The number of benzene rings is 1. The Kier molecular flexibility index (Phi) is 4.89. The van der Waals surface area contributed by atoms with Crippen LogP contribution in [0.4, 0.5) is 5.69 Å². The van der Waals surface area contributed by atoms with Crippen molar-refractivity contribution in [1.29, 1.82) is 0 Å². The van der Waals surface area contributed by atoms with Crippen LogP contribution in [0.3, 0.4) is 0 Å². The van der Waals surface area contributed by atoms with E-state index in [-0.39, 0.29) is 18.1 Å². The Morgan fingerprint density at radius 3 is 2.81 bits per heavy atom. The van der Waals surface area contributed by atoms with Crippen molar-refractivity contribution in [3.05, 3.63) is 57.1 Å². The number of nitrogens with one attached hydrogen (secondary N) is 1. The third kappa shape index (κ3) is 3.54. The zero-order valence-corrected chi connectivity index (χ0v) is 18.7. The van der Waals surface area contributed by atoms with Gasteiger partial charge in [0.25, 0.3) is 0 Å². The number of hydrogen-bond acceptors (Lipinski definition) is 5. The largest absolute Gasteiger partial charge is 0.352 e. The monoisotopic (exact) mass is 435 g/mol. The van der Waals surface area contributed by atoms with Crippen LogP contribution in [0.15, 0.2) is 35.4 Å². The van der Waals surface area contributed by atoms with Crippen LogP contribution in [-0.4, -0.2) is 25.1 Å². The summed E-state index contributed by atoms with van der Waals surface area (Å²) >= 11 is 1.70. The maximum atomic E-state index is 12.9. The highest BCUT2D eigenvalue weighted by Crippen LogP contribution is 2.38. The molecular weight excluding hydrogens is 410 g/mol. The lowest BCUT2D eigenvalue weighted by Crippen LogP contribution is -2.28. The fourth-order valence-corrected chi connectivity index (χ4v) is 5.60. The molecule has 1 N–H and O–H groups in total. The second-order valence-corrected chi connectivity index (χ2v) is 9.82. The van der Waals surface area contributed by atoms with Gasteiger partial charge in [-0.1, -0.05) is 32.9 Å². The second kappa shape index (κ2) is 7.60. The van der Waals surface area contributed by atoms with Gasteiger partial charge in [-0.3, -0.25) is 4.79 Å². The first kappa shape index (κ1) is 19.9. The molecule has 8 heteroatoms. The number of thiophene rings is 1. The third-order valence-electron chi connectivity index (χ3n) is 6.03. The first-order chi connectivity index (χ1) is 14.9. The lowest BCUT2D eigenvalue weighted by Gasteiger charge is -2.17. The van der Waals surface area contributed by atoms with Crippen molar-refractivity contribution in [2.45, 2.75) is 52.5 Å². The fraction of sp³-hybridized carbons (Fsp3) is 0.391. The number of amides is 1. The molecule has 0 spiro atoms. The number of carbonyl (C=O) groups excluding carboxylic acids is 1. The highest BCUT2D eigenvalue weighted by atomic mass is 32.1. The number of carbonyl (C=O) groups is 1. The molecule has 1 aromatic carbocycles. The third-order valence-corrected chi connectivity index (χ3v) is 7.19. The van der Waals surface area contributed by atoms with Gasteiger partial charge < -0.3 is 5.32 Å². The molecular formula is C23H25N5O2S. The zero-order chi connectivity index (χ0) is 21.7. The van der Waals surface area contributed by atoms with Crippen molar-refractivity contribution in [3.8, 4) is 0 Å². The van der Waals surface area contributed by atoms with Gasteiger partial charge in [0.05, 0.1) is 5.39 Å². The molecule has 5 rings (SSSR count). The number of nitrogens with zero attached hydrogens (tertiary/aromatic N) is 4. The molecule has 3 aromatic heterocycles. The Morgan fingerprint density at radius 2 is 2.06 bits per heavy atom. The molecule has 160 valence electrons. The number of hydrogen-bond donors (Lipinski definition) is 1. The standard InChI is InChI=1S/C23H25N5O2S/c1-13(2)15-5-7-16(8-6-15)25-19(29)11-28-23(30)27-12-24-22-20(21(27)26-28)17-9-4-14(3)10-18(17)31-22/h5-8,12-14H,4,9-11H2,1-3H3,(H,25,29)/t14-/m0/s1. The van der Waals surface area contributed by atoms with Crippen LogP contribution in [0.2, 0.25) is 0 Å². The smallest absolute Gasteiger partial charge is 0.324 e. The quantitative estimate of drug-likeness (QED) is 0.525. The second-order valence-electron chi connectivity index (χ2n) is 8.74. The Hall–Kier alpha value is -3.00. The van der Waals surface area contributed by atoms with Gasteiger partial charge in [-0.25, -0.2) is 18.9 Å². The van der Waals surface area contributed by atoms with Crippen molar-refractivity contribution in [1.82, 2.24) is 19.2 Å². The van der Waals surface area contributed by atoms with Gasteiger partial charge >= 0.3 is 5.69 Å². The average Bonchev–Trinajstić information content (AvgIpc) is 3.25. The van der Waals surface area contributed by atoms with Gasteiger partial charge in [0, 0.05) is 10.6 Å². The predicted octanol–water partition coefficient (Wildman–Crippen LogP) is 3.99. The SMILES string of the molecule is CC(C)c1ccc(NC(=O)Cn2nc3c4c5c(sc4ncn3c2=O)C[C@@H](C)CC5)cc1. The Labute approximate surface area is 183 Å². The van der Waals surface area contributed by atoms with Crippen molar-refractivity contribution >= 4 is 38.8 Å². The minimum absolute atomic E-state index is 0.142. The summed E-state index contributed by atoms with van der Waals surface area (Å²) in [6.07, 6.45) is 4.68. The van der Waals surface area contributed by atoms with Crippen molar-refractivity contribution in [3.63, 3.8) is 0 Å². The van der Waals surface area contributed by atoms with E-state index in [1.807, 2.05) is 24.3 Å². The highest BCUT2D eigenvalue weighted by molar-refractivity contribution is 7.19. The summed E-state index contributed by atoms with van der Waals surface area (Å²) in [5.41, 5.74) is 3.42. The van der Waals surface area contributed by atoms with Gasteiger partial charge in [-0.2, -0.15) is 0 Å². The van der Waals surface area contributed by atoms with Crippen LogP contribution in [-0.2, 0) is 24.2 Å². The summed E-state index contributed by atoms with van der Waals surface area (Å²) in [6.45, 7) is 6.38. The van der Waals surface area contributed by atoms with Crippen LogP contribution < -0.4 is 11.0 Å². The molecule has 1 amide bonds. The Bertz CT molecular complexity index is 1350. The molecule has 1 aliphatic carbocycles. The van der Waals surface area contributed by atoms with E-state index in [9.17, 15) is 9.59 Å². The van der Waals surface area contributed by atoms with Gasteiger partial charge in [-0.15, -0.1) is 16.4 Å². The first-order valence-corrected chi connectivity index (χ1v) is 11.5. The lowest BCUT2D eigenvalue weighted by molar-refractivity contribution is -0.117. The molecule has 1 aliphatic rings. The molecule has 7 nitrogen and oxygen atoms in total. The zero-order valence-electron chi connectivity index (χ0n) is 17.9. The van der Waals surface area contributed by atoms with Crippen molar-refractivity contribution in [2.75, 3.05) is 5.32 Å². The maximum Gasteiger partial charge on any atom is 0.352 e. The summed E-state index contributed by atoms with van der Waals surface area (Å²) < 4.78 is 2.68. The van der Waals surface area contributed by atoms with Crippen LogP contribution in [0.5, 0.6) is 0 Å². The van der Waals surface area contributed by atoms with E-state index in [2.05, 4.69) is 36.2 Å². The van der Waals surface area contributed by atoms with E-state index in [4.69, 9.17) is 0 Å². The summed E-state index contributed by atoms with van der Waals surface area (Å²) in [4.78, 5) is 32.2. The van der Waals surface area contributed by atoms with E-state index in [0.717, 1.165) is 29.5 Å². The molecule has 0 aliphatic heterocycles. The normalized spacial score (nSPS) is 16.2.